The maximum absolute atomic E-state index is 4.35. The van der Waals surface area contributed by atoms with Crippen LogP contribution in [-0.4, -0.2) is 9.97 Å². The number of nitrogens with zero attached hydrogens (tertiary/aromatic N) is 1. The minimum atomic E-state index is 0.893. The van der Waals surface area contributed by atoms with Gasteiger partial charge in [-0.05, 0) is 28.3 Å². The topological polar surface area (TPSA) is 28.7 Å². The third-order valence-corrected chi connectivity index (χ3v) is 3.96. The molecular formula is C21H16N2. The second-order valence-corrected chi connectivity index (χ2v) is 5.43. The van der Waals surface area contributed by atoms with Gasteiger partial charge in [0.05, 0.1) is 0 Å². The van der Waals surface area contributed by atoms with E-state index < -0.39 is 0 Å². The van der Waals surface area contributed by atoms with E-state index in [1.54, 1.807) is 6.20 Å². The second kappa shape index (κ2) is 5.93. The van der Waals surface area contributed by atoms with E-state index in [0.717, 1.165) is 11.4 Å². The zero-order chi connectivity index (χ0) is 15.5. The van der Waals surface area contributed by atoms with Crippen molar-refractivity contribution in [2.24, 2.45) is 0 Å². The molecule has 4 rings (SSSR count). The first-order chi connectivity index (χ1) is 11.4. The average Bonchev–Trinajstić information content (AvgIpc) is 3.17. The maximum Gasteiger partial charge on any atom is 0.137 e. The standard InChI is InChI=1S/C21H16N2/c1-2-7-16(8-3-1)19-11-4-5-12-20(19)17-9-6-10-18(15-17)21-22-13-14-23-21/h1-15H,(H,22,23). The lowest BCUT2D eigenvalue weighted by molar-refractivity contribution is 1.31. The molecule has 0 aliphatic rings. The van der Waals surface area contributed by atoms with Gasteiger partial charge < -0.3 is 4.98 Å². The van der Waals surface area contributed by atoms with Gasteiger partial charge in [-0.15, -0.1) is 0 Å². The highest BCUT2D eigenvalue weighted by atomic mass is 14.9. The Balaban J connectivity index is 1.85. The van der Waals surface area contributed by atoms with E-state index in [-0.39, 0.29) is 0 Å². The van der Waals surface area contributed by atoms with Gasteiger partial charge in [-0.2, -0.15) is 0 Å². The summed E-state index contributed by atoms with van der Waals surface area (Å²) in [5.41, 5.74) is 5.98. The summed E-state index contributed by atoms with van der Waals surface area (Å²) in [5, 5.41) is 0. The van der Waals surface area contributed by atoms with E-state index in [0.29, 0.717) is 0 Å². The van der Waals surface area contributed by atoms with Crippen LogP contribution < -0.4 is 0 Å². The number of H-pyrrole nitrogens is 1. The molecule has 0 amide bonds. The monoisotopic (exact) mass is 296 g/mol. The van der Waals surface area contributed by atoms with Crippen molar-refractivity contribution in [3.8, 4) is 33.6 Å². The van der Waals surface area contributed by atoms with Crippen molar-refractivity contribution >= 4 is 0 Å². The average molecular weight is 296 g/mol. The lowest BCUT2D eigenvalue weighted by Crippen LogP contribution is -1.86. The van der Waals surface area contributed by atoms with Crippen molar-refractivity contribution in [2.75, 3.05) is 0 Å². The van der Waals surface area contributed by atoms with Crippen LogP contribution in [0.5, 0.6) is 0 Å². The van der Waals surface area contributed by atoms with E-state index in [4.69, 9.17) is 0 Å². The van der Waals surface area contributed by atoms with Gasteiger partial charge in [0.15, 0.2) is 0 Å². The van der Waals surface area contributed by atoms with Crippen molar-refractivity contribution in [1.82, 2.24) is 9.97 Å². The summed E-state index contributed by atoms with van der Waals surface area (Å²) in [5.74, 6) is 0.893. The van der Waals surface area contributed by atoms with Gasteiger partial charge in [0.25, 0.3) is 0 Å². The lowest BCUT2D eigenvalue weighted by atomic mass is 9.94. The minimum absolute atomic E-state index is 0.893. The lowest BCUT2D eigenvalue weighted by Gasteiger charge is -2.11. The summed E-state index contributed by atoms with van der Waals surface area (Å²) in [6.07, 6.45) is 3.62. The van der Waals surface area contributed by atoms with Crippen LogP contribution in [0.2, 0.25) is 0 Å². The highest BCUT2D eigenvalue weighted by molar-refractivity contribution is 5.84. The molecule has 0 bridgehead atoms. The predicted molar refractivity (Wildman–Crippen MR) is 94.9 cm³/mol. The highest BCUT2D eigenvalue weighted by Gasteiger charge is 2.08. The van der Waals surface area contributed by atoms with Gasteiger partial charge in [-0.25, -0.2) is 4.98 Å². The summed E-state index contributed by atoms with van der Waals surface area (Å²) in [6.45, 7) is 0. The Morgan fingerprint density at radius 2 is 1.26 bits per heavy atom. The Bertz CT molecular complexity index is 910. The van der Waals surface area contributed by atoms with Crippen molar-refractivity contribution in [2.45, 2.75) is 0 Å². The summed E-state index contributed by atoms with van der Waals surface area (Å²) >= 11 is 0. The Labute approximate surface area is 135 Å². The number of hydrogen-bond acceptors (Lipinski definition) is 1. The molecule has 0 spiro atoms. The molecule has 0 radical (unpaired) electrons. The molecule has 4 aromatic rings. The number of aromatic nitrogens is 2. The molecule has 0 atom stereocenters. The molecule has 2 nitrogen and oxygen atoms in total. The van der Waals surface area contributed by atoms with Crippen molar-refractivity contribution < 1.29 is 0 Å². The summed E-state index contributed by atoms with van der Waals surface area (Å²) < 4.78 is 0. The van der Waals surface area contributed by atoms with E-state index >= 15 is 0 Å². The first-order valence-corrected chi connectivity index (χ1v) is 7.66. The van der Waals surface area contributed by atoms with Crippen LogP contribution in [0, 0.1) is 0 Å². The minimum Gasteiger partial charge on any atom is -0.345 e. The number of hydrogen-bond donors (Lipinski definition) is 1. The Morgan fingerprint density at radius 3 is 2.00 bits per heavy atom. The molecule has 23 heavy (non-hydrogen) atoms. The van der Waals surface area contributed by atoms with Gasteiger partial charge >= 0.3 is 0 Å². The zero-order valence-corrected chi connectivity index (χ0v) is 12.6. The second-order valence-electron chi connectivity index (χ2n) is 5.43. The maximum atomic E-state index is 4.35. The predicted octanol–water partition coefficient (Wildman–Crippen LogP) is 5.41. The molecule has 1 heterocycles. The van der Waals surface area contributed by atoms with E-state index in [1.807, 2.05) is 12.3 Å². The molecule has 1 aromatic heterocycles. The zero-order valence-electron chi connectivity index (χ0n) is 12.6. The van der Waals surface area contributed by atoms with Crippen LogP contribution in [0.1, 0.15) is 0 Å². The smallest absolute Gasteiger partial charge is 0.137 e. The van der Waals surface area contributed by atoms with Gasteiger partial charge in [0, 0.05) is 18.0 Å². The quantitative estimate of drug-likeness (QED) is 0.538. The van der Waals surface area contributed by atoms with Crippen LogP contribution in [0.4, 0.5) is 0 Å². The van der Waals surface area contributed by atoms with Crippen molar-refractivity contribution in [1.29, 1.82) is 0 Å². The molecule has 3 aromatic carbocycles. The molecule has 0 fully saturated rings. The third-order valence-electron chi connectivity index (χ3n) is 3.96. The number of aromatic amines is 1. The number of nitrogens with one attached hydrogen (secondary N) is 1. The SMILES string of the molecule is c1ccc(-c2ccccc2-c2cccc(-c3ncc[nH]3)c2)cc1. The van der Waals surface area contributed by atoms with Crippen LogP contribution in [-0.2, 0) is 0 Å². The van der Waals surface area contributed by atoms with Gasteiger partial charge in [0.2, 0.25) is 0 Å². The molecule has 0 unspecified atom stereocenters. The summed E-state index contributed by atoms with van der Waals surface area (Å²) in [7, 11) is 0. The van der Waals surface area contributed by atoms with Crippen molar-refractivity contribution in [3.05, 3.63) is 91.3 Å². The number of rotatable bonds is 3. The fourth-order valence-corrected chi connectivity index (χ4v) is 2.86. The number of benzene rings is 3. The summed E-state index contributed by atoms with van der Waals surface area (Å²) in [6, 6.07) is 27.5. The molecule has 0 saturated carbocycles. The molecule has 0 aliphatic heterocycles. The molecule has 1 N–H and O–H groups in total. The first kappa shape index (κ1) is 13.5. The largest absolute Gasteiger partial charge is 0.345 e. The normalized spacial score (nSPS) is 10.6. The summed E-state index contributed by atoms with van der Waals surface area (Å²) in [4.78, 5) is 7.51. The highest BCUT2D eigenvalue weighted by Crippen LogP contribution is 2.33. The van der Waals surface area contributed by atoms with Crippen LogP contribution in [0.25, 0.3) is 33.6 Å². The molecule has 0 saturated heterocycles. The Hall–Kier alpha value is -3.13. The van der Waals surface area contributed by atoms with Crippen LogP contribution in [0.3, 0.4) is 0 Å². The molecule has 0 aliphatic carbocycles. The molecule has 2 heteroatoms. The van der Waals surface area contributed by atoms with Gasteiger partial charge in [-0.1, -0.05) is 72.8 Å². The molecular weight excluding hydrogens is 280 g/mol. The third kappa shape index (κ3) is 2.67. The molecule has 110 valence electrons. The Morgan fingerprint density at radius 1 is 0.609 bits per heavy atom. The van der Waals surface area contributed by atoms with Gasteiger partial charge in [0.1, 0.15) is 5.82 Å². The van der Waals surface area contributed by atoms with Gasteiger partial charge in [-0.3, -0.25) is 0 Å². The van der Waals surface area contributed by atoms with Crippen LogP contribution >= 0.6 is 0 Å². The fourth-order valence-electron chi connectivity index (χ4n) is 2.86. The van der Waals surface area contributed by atoms with Crippen LogP contribution in [0.15, 0.2) is 91.3 Å². The number of imidazole rings is 1. The fraction of sp³-hybridized carbons (Fsp3) is 0. The van der Waals surface area contributed by atoms with E-state index in [9.17, 15) is 0 Å². The van der Waals surface area contributed by atoms with E-state index in [1.165, 1.54) is 22.3 Å². The van der Waals surface area contributed by atoms with E-state index in [2.05, 4.69) is 82.8 Å². The first-order valence-electron chi connectivity index (χ1n) is 7.66. The Kier molecular flexibility index (Phi) is 3.49. The van der Waals surface area contributed by atoms with Crippen molar-refractivity contribution in [3.63, 3.8) is 0 Å².